The molecule has 8 atom stereocenters. The van der Waals surface area contributed by atoms with Crippen molar-refractivity contribution in [3.8, 4) is 11.5 Å². The molecule has 2 amide bonds. The van der Waals surface area contributed by atoms with E-state index in [1.165, 1.54) is 12.0 Å². The average Bonchev–Trinajstić information content (AvgIpc) is 3.66. The lowest BCUT2D eigenvalue weighted by Crippen LogP contribution is -2.60. The third-order valence-electron chi connectivity index (χ3n) is 9.36. The molecule has 8 heteroatoms. The normalized spacial score (nSPS) is 36.6. The van der Waals surface area contributed by atoms with Crippen molar-refractivity contribution in [1.29, 1.82) is 0 Å². The van der Waals surface area contributed by atoms with Gasteiger partial charge in [-0.25, -0.2) is 0 Å². The van der Waals surface area contributed by atoms with Gasteiger partial charge in [0.15, 0.2) is 11.5 Å². The Balaban J connectivity index is 1.45. The van der Waals surface area contributed by atoms with Gasteiger partial charge in [-0.15, -0.1) is 0 Å². The van der Waals surface area contributed by atoms with Crippen LogP contribution in [0.3, 0.4) is 0 Å². The number of carbonyl (C=O) groups is 3. The number of aryl methyl sites for hydroxylation is 1. The molecule has 3 aliphatic heterocycles. The summed E-state index contributed by atoms with van der Waals surface area (Å²) in [5.41, 5.74) is 2.23. The molecular weight excluding hydrogens is 472 g/mol. The molecule has 3 heterocycles. The molecule has 8 nitrogen and oxygen atoms in total. The van der Waals surface area contributed by atoms with E-state index in [2.05, 4.69) is 17.5 Å². The first-order valence-corrected chi connectivity index (χ1v) is 12.7. The van der Waals surface area contributed by atoms with E-state index in [1.54, 1.807) is 7.05 Å². The second-order valence-corrected chi connectivity index (χ2v) is 10.8. The number of rotatable bonds is 3. The molecule has 0 radical (unpaired) electrons. The minimum Gasteiger partial charge on any atom is -0.468 e. The van der Waals surface area contributed by atoms with Crippen LogP contribution in [0.4, 0.5) is 0 Å². The topological polar surface area (TPSA) is 94.2 Å². The fourth-order valence-electron chi connectivity index (χ4n) is 7.94. The van der Waals surface area contributed by atoms with Gasteiger partial charge in [-0.2, -0.15) is 0 Å². The number of fused-ring (bicyclic) bond motifs is 3. The van der Waals surface area contributed by atoms with Gasteiger partial charge < -0.3 is 14.2 Å². The smallest absolute Gasteiger partial charge is 0.323 e. The lowest BCUT2D eigenvalue weighted by Gasteiger charge is -2.52. The van der Waals surface area contributed by atoms with Crippen LogP contribution < -0.4 is 14.8 Å². The highest BCUT2D eigenvalue weighted by molar-refractivity contribution is 6.07. The molecule has 2 bridgehead atoms. The summed E-state index contributed by atoms with van der Waals surface area (Å²) in [6.45, 7) is 2.18. The molecular formula is C29H28N2O6. The summed E-state index contributed by atoms with van der Waals surface area (Å²) in [7, 11) is 2.96. The second-order valence-electron chi connectivity index (χ2n) is 10.8. The molecule has 190 valence electrons. The van der Waals surface area contributed by atoms with Gasteiger partial charge >= 0.3 is 5.97 Å². The molecule has 2 saturated heterocycles. The van der Waals surface area contributed by atoms with E-state index in [0.29, 0.717) is 11.5 Å². The number of allylic oxidation sites excluding steroid dienone is 2. The summed E-state index contributed by atoms with van der Waals surface area (Å²) < 4.78 is 16.5. The molecule has 0 unspecified atom stereocenters. The van der Waals surface area contributed by atoms with Gasteiger partial charge in [-0.1, -0.05) is 48.0 Å². The van der Waals surface area contributed by atoms with Crippen LogP contribution >= 0.6 is 0 Å². The monoisotopic (exact) mass is 500 g/mol. The van der Waals surface area contributed by atoms with Crippen LogP contribution in [0.25, 0.3) is 0 Å². The van der Waals surface area contributed by atoms with Crippen molar-refractivity contribution in [2.45, 2.75) is 24.9 Å². The van der Waals surface area contributed by atoms with Crippen molar-refractivity contribution >= 4 is 17.8 Å². The Hall–Kier alpha value is -3.65. The molecule has 1 N–H and O–H groups in total. The molecule has 5 aliphatic rings. The van der Waals surface area contributed by atoms with E-state index in [4.69, 9.17) is 14.2 Å². The fourth-order valence-corrected chi connectivity index (χ4v) is 7.94. The highest BCUT2D eigenvalue weighted by Crippen LogP contribution is 2.72. The number of hydrogen-bond acceptors (Lipinski definition) is 7. The van der Waals surface area contributed by atoms with Crippen molar-refractivity contribution in [2.24, 2.45) is 29.1 Å². The van der Waals surface area contributed by atoms with Gasteiger partial charge in [-0.3, -0.25) is 24.6 Å². The van der Waals surface area contributed by atoms with E-state index in [0.717, 1.165) is 16.7 Å². The maximum atomic E-state index is 13.7. The van der Waals surface area contributed by atoms with E-state index in [9.17, 15) is 14.4 Å². The first-order valence-electron chi connectivity index (χ1n) is 12.7. The number of hydrogen-bond donors (Lipinski definition) is 1. The van der Waals surface area contributed by atoms with Crippen molar-refractivity contribution in [3.63, 3.8) is 0 Å². The molecule has 0 aromatic heterocycles. The Kier molecular flexibility index (Phi) is 4.68. The van der Waals surface area contributed by atoms with Gasteiger partial charge in [0.05, 0.1) is 18.9 Å². The Morgan fingerprint density at radius 3 is 2.51 bits per heavy atom. The van der Waals surface area contributed by atoms with Crippen LogP contribution in [0, 0.1) is 36.0 Å². The number of esters is 1. The lowest BCUT2D eigenvalue weighted by molar-refractivity contribution is -0.150. The number of imide groups is 1. The van der Waals surface area contributed by atoms with Crippen LogP contribution in [0.1, 0.15) is 28.7 Å². The number of benzene rings is 2. The zero-order valence-electron chi connectivity index (χ0n) is 20.8. The van der Waals surface area contributed by atoms with E-state index in [-0.39, 0.29) is 36.5 Å². The standard InChI is InChI=1S/C29H28N2O6/c1-14-4-6-15(7-5-14)21-25(28(34)35-3)30-24(16-8-9-18-19(12-16)37-13-36-18)22-17-10-11-29(21,22)23-20(17)26(32)31(2)27(23)33/h4-12,17,20-25,30H,13H2,1-3H3/t17-,20+,21+,22+,23-,24+,25+,29+/m1/s1. The highest BCUT2D eigenvalue weighted by atomic mass is 16.7. The summed E-state index contributed by atoms with van der Waals surface area (Å²) in [5.74, 6) is -1.01. The minimum absolute atomic E-state index is 0.114. The Labute approximate surface area is 214 Å². The fraction of sp³-hybridized carbons (Fsp3) is 0.414. The van der Waals surface area contributed by atoms with E-state index < -0.39 is 35.2 Å². The third-order valence-corrected chi connectivity index (χ3v) is 9.36. The van der Waals surface area contributed by atoms with Gasteiger partial charge in [0, 0.05) is 24.4 Å². The first-order chi connectivity index (χ1) is 17.9. The van der Waals surface area contributed by atoms with Gasteiger partial charge in [-0.05, 0) is 42.0 Å². The molecule has 2 aromatic carbocycles. The third kappa shape index (κ3) is 2.79. The van der Waals surface area contributed by atoms with Crippen molar-refractivity contribution in [2.75, 3.05) is 21.0 Å². The van der Waals surface area contributed by atoms with Crippen LogP contribution in [-0.4, -0.2) is 49.7 Å². The Morgan fingerprint density at radius 1 is 1.03 bits per heavy atom. The molecule has 2 aromatic rings. The molecule has 1 saturated carbocycles. The average molecular weight is 501 g/mol. The van der Waals surface area contributed by atoms with Crippen molar-refractivity contribution in [3.05, 3.63) is 71.3 Å². The van der Waals surface area contributed by atoms with E-state index in [1.807, 2.05) is 49.4 Å². The largest absolute Gasteiger partial charge is 0.468 e. The number of nitrogens with zero attached hydrogens (tertiary/aromatic N) is 1. The maximum absolute atomic E-state index is 13.7. The predicted octanol–water partition coefficient (Wildman–Crippen LogP) is 2.73. The number of piperidine rings is 1. The van der Waals surface area contributed by atoms with Crippen LogP contribution in [0.5, 0.6) is 11.5 Å². The summed E-state index contributed by atoms with van der Waals surface area (Å²) in [6, 6.07) is 12.9. The van der Waals surface area contributed by atoms with Crippen LogP contribution in [0.2, 0.25) is 0 Å². The van der Waals surface area contributed by atoms with Crippen LogP contribution in [0.15, 0.2) is 54.6 Å². The highest BCUT2D eigenvalue weighted by Gasteiger charge is 2.76. The summed E-state index contributed by atoms with van der Waals surface area (Å²) in [6.07, 6.45) is 4.24. The molecule has 3 fully saturated rings. The number of likely N-dealkylation sites (tertiary alicyclic amines) is 1. The molecule has 37 heavy (non-hydrogen) atoms. The summed E-state index contributed by atoms with van der Waals surface area (Å²) in [5, 5.41) is 3.62. The lowest BCUT2D eigenvalue weighted by atomic mass is 9.55. The number of amides is 2. The summed E-state index contributed by atoms with van der Waals surface area (Å²) in [4.78, 5) is 41.8. The number of ether oxygens (including phenoxy) is 3. The van der Waals surface area contributed by atoms with Crippen molar-refractivity contribution < 1.29 is 28.6 Å². The van der Waals surface area contributed by atoms with Gasteiger partial charge in [0.25, 0.3) is 0 Å². The Bertz CT molecular complexity index is 1370. The van der Waals surface area contributed by atoms with Crippen molar-refractivity contribution in [1.82, 2.24) is 10.2 Å². The first kappa shape index (κ1) is 22.5. The predicted molar refractivity (Wildman–Crippen MR) is 131 cm³/mol. The SMILES string of the molecule is COC(=O)[C@H]1N[C@@H](c2ccc3c(c2)OCO3)[C@@H]2[C@@H]3C=C[C@]2([C@H]2C(=O)N(C)C(=O)[C@@H]32)[C@H]1c1ccc(C)cc1. The maximum Gasteiger partial charge on any atom is 0.323 e. The van der Waals surface area contributed by atoms with Crippen LogP contribution in [-0.2, 0) is 19.1 Å². The second kappa shape index (κ2) is 7.68. The number of nitrogens with one attached hydrogen (secondary N) is 1. The molecule has 2 aliphatic carbocycles. The molecule has 7 rings (SSSR count). The number of carbonyl (C=O) groups excluding carboxylic acids is 3. The zero-order valence-corrected chi connectivity index (χ0v) is 20.8. The minimum atomic E-state index is -0.743. The number of methoxy groups -OCH3 is 1. The molecule has 0 spiro atoms. The summed E-state index contributed by atoms with van der Waals surface area (Å²) >= 11 is 0. The van der Waals surface area contributed by atoms with Gasteiger partial charge in [0.1, 0.15) is 6.04 Å². The quantitative estimate of drug-likeness (QED) is 0.394. The zero-order chi connectivity index (χ0) is 25.6. The van der Waals surface area contributed by atoms with Gasteiger partial charge in [0.2, 0.25) is 18.6 Å². The van der Waals surface area contributed by atoms with E-state index >= 15 is 0 Å². The Morgan fingerprint density at radius 2 is 1.76 bits per heavy atom.